The van der Waals surface area contributed by atoms with E-state index in [1.165, 1.54) is 12.8 Å². The zero-order chi connectivity index (χ0) is 12.5. The van der Waals surface area contributed by atoms with Crippen LogP contribution in [0.25, 0.3) is 0 Å². The van der Waals surface area contributed by atoms with E-state index in [1.807, 2.05) is 37.3 Å². The lowest BCUT2D eigenvalue weighted by molar-refractivity contribution is 0.140. The van der Waals surface area contributed by atoms with Gasteiger partial charge in [0, 0.05) is 6.54 Å². The number of benzene rings is 1. The highest BCUT2D eigenvalue weighted by Crippen LogP contribution is 2.26. The van der Waals surface area contributed by atoms with E-state index in [-0.39, 0.29) is 6.09 Å². The van der Waals surface area contributed by atoms with Gasteiger partial charge in [-0.2, -0.15) is 0 Å². The monoisotopic (exact) mass is 235 g/mol. The molecule has 1 saturated carbocycles. The number of carbonyl (C=O) groups excluding carboxylic acids is 1. The van der Waals surface area contributed by atoms with Crippen LogP contribution < -0.4 is 5.32 Å². The molecule has 94 valence electrons. The van der Waals surface area contributed by atoms with Crippen molar-refractivity contribution in [2.75, 3.05) is 6.54 Å². The molecular formula is C14H21NO2. The lowest BCUT2D eigenvalue weighted by Gasteiger charge is -2.04. The fourth-order valence-corrected chi connectivity index (χ4v) is 1.09. The van der Waals surface area contributed by atoms with Crippen molar-refractivity contribution in [3.63, 3.8) is 0 Å². The van der Waals surface area contributed by atoms with Crippen molar-refractivity contribution in [1.29, 1.82) is 0 Å². The number of hydrogen-bond donors (Lipinski definition) is 1. The Balaban J connectivity index is 0.000000302. The van der Waals surface area contributed by atoms with Crippen LogP contribution in [-0.2, 0) is 11.3 Å². The molecule has 1 amide bonds. The van der Waals surface area contributed by atoms with Crippen molar-refractivity contribution < 1.29 is 9.53 Å². The first-order chi connectivity index (χ1) is 8.22. The molecular weight excluding hydrogens is 214 g/mol. The first-order valence-corrected chi connectivity index (χ1v) is 6.17. The standard InChI is InChI=1S/C10H13NO2.C4H8/c1-2-11-10(12)13-8-9-6-4-3-5-7-9;1-4-2-3-4/h3-7H,2,8H2,1H3,(H,11,12);4H,2-3H2,1H3. The summed E-state index contributed by atoms with van der Waals surface area (Å²) in [5, 5.41) is 2.55. The van der Waals surface area contributed by atoms with Crippen LogP contribution in [0.2, 0.25) is 0 Å². The SMILES string of the molecule is CC1CC1.CCNC(=O)OCc1ccccc1. The van der Waals surface area contributed by atoms with Crippen molar-refractivity contribution in [3.05, 3.63) is 35.9 Å². The molecule has 1 aliphatic rings. The van der Waals surface area contributed by atoms with Crippen LogP contribution >= 0.6 is 0 Å². The summed E-state index contributed by atoms with van der Waals surface area (Å²) in [6, 6.07) is 9.58. The zero-order valence-corrected chi connectivity index (χ0v) is 10.6. The van der Waals surface area contributed by atoms with E-state index in [0.717, 1.165) is 11.5 Å². The molecule has 1 aromatic rings. The summed E-state index contributed by atoms with van der Waals surface area (Å²) in [7, 11) is 0. The fraction of sp³-hybridized carbons (Fsp3) is 0.500. The van der Waals surface area contributed by atoms with Gasteiger partial charge in [-0.15, -0.1) is 0 Å². The lowest BCUT2D eigenvalue weighted by atomic mass is 10.2. The minimum atomic E-state index is -0.369. The lowest BCUT2D eigenvalue weighted by Crippen LogP contribution is -2.23. The zero-order valence-electron chi connectivity index (χ0n) is 10.6. The van der Waals surface area contributed by atoms with Crippen molar-refractivity contribution in [1.82, 2.24) is 5.32 Å². The average molecular weight is 235 g/mol. The van der Waals surface area contributed by atoms with E-state index >= 15 is 0 Å². The van der Waals surface area contributed by atoms with Crippen LogP contribution in [0.5, 0.6) is 0 Å². The van der Waals surface area contributed by atoms with E-state index < -0.39 is 0 Å². The Labute approximate surface area is 103 Å². The molecule has 3 heteroatoms. The van der Waals surface area contributed by atoms with Gasteiger partial charge >= 0.3 is 6.09 Å². The second kappa shape index (κ2) is 7.71. The maximum absolute atomic E-state index is 10.9. The number of rotatable bonds is 3. The topological polar surface area (TPSA) is 38.3 Å². The summed E-state index contributed by atoms with van der Waals surface area (Å²) in [6.07, 6.45) is 2.60. The number of nitrogens with one attached hydrogen (secondary N) is 1. The molecule has 0 bridgehead atoms. The Hall–Kier alpha value is -1.51. The Morgan fingerprint density at radius 1 is 1.35 bits per heavy atom. The van der Waals surface area contributed by atoms with Crippen molar-refractivity contribution >= 4 is 6.09 Å². The molecule has 0 unspecified atom stereocenters. The molecule has 1 aliphatic carbocycles. The van der Waals surface area contributed by atoms with Crippen LogP contribution in [0.1, 0.15) is 32.3 Å². The van der Waals surface area contributed by atoms with Gasteiger partial charge in [-0.3, -0.25) is 0 Å². The second-order valence-corrected chi connectivity index (χ2v) is 4.27. The number of amides is 1. The van der Waals surface area contributed by atoms with Gasteiger partial charge in [-0.1, -0.05) is 50.1 Å². The summed E-state index contributed by atoms with van der Waals surface area (Å²) in [4.78, 5) is 10.9. The summed E-state index contributed by atoms with van der Waals surface area (Å²) in [5.74, 6) is 1.08. The van der Waals surface area contributed by atoms with E-state index in [4.69, 9.17) is 4.74 Å². The highest BCUT2D eigenvalue weighted by molar-refractivity contribution is 5.66. The van der Waals surface area contributed by atoms with E-state index in [9.17, 15) is 4.79 Å². The fourth-order valence-electron chi connectivity index (χ4n) is 1.09. The van der Waals surface area contributed by atoms with Crippen LogP contribution in [0.4, 0.5) is 4.79 Å². The van der Waals surface area contributed by atoms with Gasteiger partial charge in [0.1, 0.15) is 6.61 Å². The van der Waals surface area contributed by atoms with Crippen LogP contribution in [0.15, 0.2) is 30.3 Å². The second-order valence-electron chi connectivity index (χ2n) is 4.27. The summed E-state index contributed by atoms with van der Waals surface area (Å²) >= 11 is 0. The maximum Gasteiger partial charge on any atom is 0.407 e. The van der Waals surface area contributed by atoms with E-state index in [2.05, 4.69) is 12.2 Å². The molecule has 1 aromatic carbocycles. The smallest absolute Gasteiger partial charge is 0.407 e. The molecule has 0 aliphatic heterocycles. The van der Waals surface area contributed by atoms with Gasteiger partial charge in [0.15, 0.2) is 0 Å². The molecule has 0 atom stereocenters. The first kappa shape index (κ1) is 13.6. The number of hydrogen-bond acceptors (Lipinski definition) is 2. The van der Waals surface area contributed by atoms with Gasteiger partial charge in [0.25, 0.3) is 0 Å². The molecule has 3 nitrogen and oxygen atoms in total. The molecule has 0 saturated heterocycles. The van der Waals surface area contributed by atoms with Crippen molar-refractivity contribution in [3.8, 4) is 0 Å². The van der Waals surface area contributed by atoms with E-state index in [0.29, 0.717) is 13.2 Å². The van der Waals surface area contributed by atoms with Gasteiger partial charge in [0.2, 0.25) is 0 Å². The third-order valence-corrected chi connectivity index (χ3v) is 2.40. The predicted molar refractivity (Wildman–Crippen MR) is 68.7 cm³/mol. The average Bonchev–Trinajstić information content (AvgIpc) is 3.12. The van der Waals surface area contributed by atoms with Crippen molar-refractivity contribution in [2.45, 2.75) is 33.3 Å². The van der Waals surface area contributed by atoms with E-state index in [1.54, 1.807) is 0 Å². The third-order valence-electron chi connectivity index (χ3n) is 2.40. The number of carbonyl (C=O) groups is 1. The highest BCUT2D eigenvalue weighted by Gasteiger charge is 2.12. The Morgan fingerprint density at radius 3 is 2.41 bits per heavy atom. The minimum Gasteiger partial charge on any atom is -0.445 e. The largest absolute Gasteiger partial charge is 0.445 e. The molecule has 0 heterocycles. The summed E-state index contributed by atoms with van der Waals surface area (Å²) < 4.78 is 4.92. The summed E-state index contributed by atoms with van der Waals surface area (Å²) in [5.41, 5.74) is 0.994. The van der Waals surface area contributed by atoms with Crippen molar-refractivity contribution in [2.24, 2.45) is 5.92 Å². The highest BCUT2D eigenvalue weighted by atomic mass is 16.5. The molecule has 0 aromatic heterocycles. The molecule has 0 radical (unpaired) electrons. The molecule has 17 heavy (non-hydrogen) atoms. The molecule has 2 rings (SSSR count). The molecule has 1 fully saturated rings. The van der Waals surface area contributed by atoms with Gasteiger partial charge in [0.05, 0.1) is 0 Å². The molecule has 1 N–H and O–H groups in total. The third kappa shape index (κ3) is 7.39. The number of alkyl carbamates (subject to hydrolysis) is 1. The van der Waals surface area contributed by atoms with Crippen LogP contribution in [0, 0.1) is 5.92 Å². The minimum absolute atomic E-state index is 0.326. The summed E-state index contributed by atoms with van der Waals surface area (Å²) in [6.45, 7) is 5.05. The Bertz CT molecular complexity index is 320. The normalized spacial score (nSPS) is 13.3. The van der Waals surface area contributed by atoms with Crippen LogP contribution in [-0.4, -0.2) is 12.6 Å². The quantitative estimate of drug-likeness (QED) is 0.872. The Morgan fingerprint density at radius 2 is 1.94 bits per heavy atom. The molecule has 0 spiro atoms. The van der Waals surface area contributed by atoms with Gasteiger partial charge in [-0.05, 0) is 18.4 Å². The maximum atomic E-state index is 10.9. The number of ether oxygens (including phenoxy) is 1. The van der Waals surface area contributed by atoms with Crippen LogP contribution in [0.3, 0.4) is 0 Å². The van der Waals surface area contributed by atoms with Gasteiger partial charge in [-0.25, -0.2) is 4.79 Å². The predicted octanol–water partition coefficient (Wildman–Crippen LogP) is 3.35. The van der Waals surface area contributed by atoms with Gasteiger partial charge < -0.3 is 10.1 Å². The Kier molecular flexibility index (Phi) is 6.15. The first-order valence-electron chi connectivity index (χ1n) is 6.17.